The Morgan fingerprint density at radius 2 is 2.07 bits per heavy atom. The minimum Gasteiger partial charge on any atom is -0.396 e. The number of rotatable bonds is 11. The van der Waals surface area contributed by atoms with Gasteiger partial charge >= 0.3 is 0 Å². The van der Waals surface area contributed by atoms with Gasteiger partial charge in [0.05, 0.1) is 29.0 Å². The van der Waals surface area contributed by atoms with Gasteiger partial charge in [0.25, 0.3) is 0 Å². The Morgan fingerprint density at radius 3 is 2.67 bits per heavy atom. The van der Waals surface area contributed by atoms with Crippen LogP contribution >= 0.6 is 11.6 Å². The number of nitrogens with zero attached hydrogens (tertiary/aromatic N) is 1. The highest BCUT2D eigenvalue weighted by molar-refractivity contribution is 6.33. The maximum absolute atomic E-state index is 10.2. The number of anilines is 1. The molecule has 172 valence electrons. The molecule has 8 nitrogen and oxygen atoms in total. The molecule has 1 aliphatic rings. The predicted molar refractivity (Wildman–Crippen MR) is 119 cm³/mol. The molecule has 0 amide bonds. The van der Waals surface area contributed by atoms with Crippen molar-refractivity contribution in [1.29, 1.82) is 0 Å². The Balaban J connectivity index is 2.21. The molecule has 1 aromatic rings. The molecular formula is C21H37ClN4O4. The largest absolute Gasteiger partial charge is 0.396 e. The molecule has 3 atom stereocenters. The van der Waals surface area contributed by atoms with E-state index in [0.29, 0.717) is 16.8 Å². The van der Waals surface area contributed by atoms with Crippen molar-refractivity contribution in [2.45, 2.75) is 70.6 Å². The van der Waals surface area contributed by atoms with Gasteiger partial charge in [0.2, 0.25) is 0 Å². The topological polar surface area (TPSA) is 123 Å². The van der Waals surface area contributed by atoms with Crippen LogP contribution in [0.4, 0.5) is 5.69 Å². The fourth-order valence-electron chi connectivity index (χ4n) is 3.93. The molecule has 1 fully saturated rings. The Bertz CT molecular complexity index is 683. The fraction of sp³-hybridized carbons (Fsp3) is 0.714. The molecular weight excluding hydrogens is 408 g/mol. The van der Waals surface area contributed by atoms with E-state index in [2.05, 4.69) is 24.8 Å². The maximum atomic E-state index is 10.2. The van der Waals surface area contributed by atoms with Gasteiger partial charge in [-0.25, -0.2) is 10.9 Å². The van der Waals surface area contributed by atoms with Crippen LogP contribution in [-0.2, 0) is 4.94 Å². The van der Waals surface area contributed by atoms with E-state index < -0.39 is 11.7 Å². The normalized spacial score (nSPS) is 21.1. The molecule has 0 spiro atoms. The van der Waals surface area contributed by atoms with Gasteiger partial charge in [0.1, 0.15) is 0 Å². The molecule has 0 bridgehead atoms. The summed E-state index contributed by atoms with van der Waals surface area (Å²) in [6.45, 7) is 8.44. The van der Waals surface area contributed by atoms with E-state index in [1.54, 1.807) is 19.9 Å². The van der Waals surface area contributed by atoms with Crippen LogP contribution in [0, 0.1) is 5.41 Å². The highest BCUT2D eigenvalue weighted by atomic mass is 35.5. The second kappa shape index (κ2) is 10.6. The number of aliphatic hydroxyl groups is 3. The highest BCUT2D eigenvalue weighted by Gasteiger charge is 2.33. The third kappa shape index (κ3) is 6.77. The summed E-state index contributed by atoms with van der Waals surface area (Å²) in [4.78, 5) is 5.43. The smallest absolute Gasteiger partial charge is 0.0877 e. The average molecular weight is 445 g/mol. The van der Waals surface area contributed by atoms with Crippen LogP contribution in [0.3, 0.4) is 0 Å². The number of para-hydroxylation sites is 1. The molecule has 1 aromatic carbocycles. The molecule has 0 aromatic heterocycles. The van der Waals surface area contributed by atoms with E-state index in [1.807, 2.05) is 12.1 Å². The van der Waals surface area contributed by atoms with Crippen molar-refractivity contribution in [3.05, 3.63) is 28.8 Å². The zero-order valence-corrected chi connectivity index (χ0v) is 19.1. The van der Waals surface area contributed by atoms with Crippen molar-refractivity contribution in [3.8, 4) is 0 Å². The molecule has 7 N–H and O–H groups in total. The summed E-state index contributed by atoms with van der Waals surface area (Å²) in [5, 5.41) is 35.4. The van der Waals surface area contributed by atoms with Crippen LogP contribution in [-0.4, -0.2) is 52.8 Å². The van der Waals surface area contributed by atoms with Gasteiger partial charge in [-0.3, -0.25) is 0 Å². The van der Waals surface area contributed by atoms with Crippen molar-refractivity contribution in [3.63, 3.8) is 0 Å². The summed E-state index contributed by atoms with van der Waals surface area (Å²) in [6.07, 6.45) is 1.10. The lowest BCUT2D eigenvalue weighted by molar-refractivity contribution is -0.0564. The molecule has 1 aliphatic heterocycles. The lowest BCUT2D eigenvalue weighted by atomic mass is 9.84. The summed E-state index contributed by atoms with van der Waals surface area (Å²) in [5.74, 6) is 5.62. The third-order valence-corrected chi connectivity index (χ3v) is 6.05. The van der Waals surface area contributed by atoms with Crippen molar-refractivity contribution < 1.29 is 20.3 Å². The van der Waals surface area contributed by atoms with Crippen LogP contribution in [0.1, 0.15) is 58.4 Å². The number of aliphatic hydroxyl groups excluding tert-OH is 2. The number of benzene rings is 1. The van der Waals surface area contributed by atoms with Crippen LogP contribution in [0.5, 0.6) is 0 Å². The Labute approximate surface area is 184 Å². The molecule has 9 heteroatoms. The summed E-state index contributed by atoms with van der Waals surface area (Å²) in [6, 6.07) is 6.01. The minimum atomic E-state index is -1.23. The van der Waals surface area contributed by atoms with Crippen molar-refractivity contribution >= 4 is 17.3 Å². The van der Waals surface area contributed by atoms with Crippen LogP contribution in [0.15, 0.2) is 18.2 Å². The van der Waals surface area contributed by atoms with Gasteiger partial charge in [0.15, 0.2) is 0 Å². The van der Waals surface area contributed by atoms with E-state index in [1.165, 1.54) is 5.06 Å². The molecule has 1 heterocycles. The molecule has 0 saturated carbocycles. The van der Waals surface area contributed by atoms with Crippen LogP contribution in [0.25, 0.3) is 0 Å². The van der Waals surface area contributed by atoms with Crippen LogP contribution < -0.4 is 21.8 Å². The first kappa shape index (κ1) is 25.3. The van der Waals surface area contributed by atoms with Gasteiger partial charge in [0, 0.05) is 25.1 Å². The number of halogens is 1. The quantitative estimate of drug-likeness (QED) is 0.226. The second-order valence-electron chi connectivity index (χ2n) is 9.51. The summed E-state index contributed by atoms with van der Waals surface area (Å²) in [7, 11) is 0. The first-order valence-electron chi connectivity index (χ1n) is 10.4. The van der Waals surface area contributed by atoms with E-state index in [4.69, 9.17) is 22.4 Å². The standard InChI is InChI=1S/C21H37ClN4O4/c1-20(2,13-27)11-15-10-14(12-24-15)16-6-5-7-17(22)19(16)26(30-25-23)9-8-18(28)21(3,4)29/h5-7,14-15,18,24-25,27-29H,8-13,23H2,1-4H3. The van der Waals surface area contributed by atoms with Gasteiger partial charge in [-0.05, 0) is 50.2 Å². The van der Waals surface area contributed by atoms with E-state index in [0.717, 1.165) is 24.9 Å². The van der Waals surface area contributed by atoms with Gasteiger partial charge in [-0.1, -0.05) is 37.6 Å². The van der Waals surface area contributed by atoms with Crippen molar-refractivity contribution in [2.24, 2.45) is 11.3 Å². The number of hydrazine groups is 1. The number of nitrogens with one attached hydrogen (secondary N) is 2. The van der Waals surface area contributed by atoms with Gasteiger partial charge < -0.3 is 20.6 Å². The molecule has 2 rings (SSSR count). The number of hydrogen-bond donors (Lipinski definition) is 6. The zero-order chi connectivity index (χ0) is 22.5. The molecule has 0 aliphatic carbocycles. The van der Waals surface area contributed by atoms with Crippen molar-refractivity contribution in [1.82, 2.24) is 10.9 Å². The zero-order valence-electron chi connectivity index (χ0n) is 18.4. The molecule has 30 heavy (non-hydrogen) atoms. The monoisotopic (exact) mass is 444 g/mol. The summed E-state index contributed by atoms with van der Waals surface area (Å²) >= 11 is 6.55. The molecule has 1 saturated heterocycles. The summed E-state index contributed by atoms with van der Waals surface area (Å²) < 4.78 is 0. The number of nitrogens with two attached hydrogens (primary N) is 1. The van der Waals surface area contributed by atoms with Gasteiger partial charge in [-0.15, -0.1) is 5.59 Å². The highest BCUT2D eigenvalue weighted by Crippen LogP contribution is 2.40. The first-order chi connectivity index (χ1) is 14.0. The lowest BCUT2D eigenvalue weighted by Gasteiger charge is -2.30. The van der Waals surface area contributed by atoms with Crippen molar-refractivity contribution in [2.75, 3.05) is 24.8 Å². The minimum absolute atomic E-state index is 0.143. The number of hydroxylamine groups is 1. The molecule has 0 radical (unpaired) electrons. The number of hydrogen-bond acceptors (Lipinski definition) is 8. The second-order valence-corrected chi connectivity index (χ2v) is 9.92. The summed E-state index contributed by atoms with van der Waals surface area (Å²) in [5.41, 5.74) is 2.54. The van der Waals surface area contributed by atoms with E-state index in [-0.39, 0.29) is 30.9 Å². The lowest BCUT2D eigenvalue weighted by Crippen LogP contribution is -2.42. The molecule has 3 unspecified atom stereocenters. The SMILES string of the molecule is CC(C)(CO)CC1CC(c2cccc(Cl)c2N(CCC(O)C(C)(C)O)ONN)CN1. The average Bonchev–Trinajstić information content (AvgIpc) is 3.11. The maximum Gasteiger partial charge on any atom is 0.0877 e. The third-order valence-electron chi connectivity index (χ3n) is 5.74. The Kier molecular flexibility index (Phi) is 8.91. The Hall–Kier alpha value is -0.970. The first-order valence-corrected chi connectivity index (χ1v) is 10.8. The Morgan fingerprint density at radius 1 is 1.37 bits per heavy atom. The van der Waals surface area contributed by atoms with E-state index in [9.17, 15) is 15.3 Å². The van der Waals surface area contributed by atoms with E-state index >= 15 is 0 Å². The predicted octanol–water partition coefficient (Wildman–Crippen LogP) is 1.83. The fourth-order valence-corrected chi connectivity index (χ4v) is 4.20. The van der Waals surface area contributed by atoms with Gasteiger partial charge in [-0.2, -0.15) is 4.94 Å². The van der Waals surface area contributed by atoms with Crippen LogP contribution in [0.2, 0.25) is 5.02 Å².